The zero-order valence-corrected chi connectivity index (χ0v) is 13.8. The molecule has 1 heterocycles. The van der Waals surface area contributed by atoms with Gasteiger partial charge in [0.25, 0.3) is 0 Å². The van der Waals surface area contributed by atoms with Gasteiger partial charge in [0, 0.05) is 0 Å². The zero-order valence-electron chi connectivity index (χ0n) is 13.8. The SMILES string of the molecule is CC(C)C(CNCCC(C)C1CCCNC1)C(C)C. The Morgan fingerprint density at radius 2 is 1.79 bits per heavy atom. The summed E-state index contributed by atoms with van der Waals surface area (Å²) >= 11 is 0. The van der Waals surface area contributed by atoms with Gasteiger partial charge in [-0.15, -0.1) is 0 Å². The molecule has 0 aliphatic carbocycles. The van der Waals surface area contributed by atoms with Crippen LogP contribution in [0.1, 0.15) is 53.9 Å². The van der Waals surface area contributed by atoms with Crippen LogP contribution >= 0.6 is 0 Å². The third kappa shape index (κ3) is 6.27. The van der Waals surface area contributed by atoms with Crippen LogP contribution < -0.4 is 10.6 Å². The summed E-state index contributed by atoms with van der Waals surface area (Å²) in [6.45, 7) is 16.7. The van der Waals surface area contributed by atoms with Crippen molar-refractivity contribution in [3.63, 3.8) is 0 Å². The lowest BCUT2D eigenvalue weighted by atomic mass is 9.84. The molecule has 1 fully saturated rings. The Hall–Kier alpha value is -0.0800. The molecule has 2 nitrogen and oxygen atoms in total. The molecule has 0 spiro atoms. The van der Waals surface area contributed by atoms with Gasteiger partial charge in [-0.3, -0.25) is 0 Å². The second-order valence-corrected chi connectivity index (χ2v) is 7.23. The molecule has 1 aliphatic heterocycles. The van der Waals surface area contributed by atoms with E-state index < -0.39 is 0 Å². The maximum atomic E-state index is 3.70. The van der Waals surface area contributed by atoms with Crippen molar-refractivity contribution in [3.05, 3.63) is 0 Å². The van der Waals surface area contributed by atoms with E-state index in [1.54, 1.807) is 0 Å². The smallest absolute Gasteiger partial charge is 0.00156 e. The first-order valence-corrected chi connectivity index (χ1v) is 8.43. The highest BCUT2D eigenvalue weighted by atomic mass is 14.9. The predicted octanol–water partition coefficient (Wildman–Crippen LogP) is 3.53. The van der Waals surface area contributed by atoms with Crippen LogP contribution in [0.3, 0.4) is 0 Å². The van der Waals surface area contributed by atoms with Crippen LogP contribution in [0.2, 0.25) is 0 Å². The van der Waals surface area contributed by atoms with Gasteiger partial charge in [-0.2, -0.15) is 0 Å². The Morgan fingerprint density at radius 1 is 1.11 bits per heavy atom. The number of piperidine rings is 1. The van der Waals surface area contributed by atoms with Gasteiger partial charge < -0.3 is 10.6 Å². The number of hydrogen-bond acceptors (Lipinski definition) is 2. The first-order valence-electron chi connectivity index (χ1n) is 8.43. The van der Waals surface area contributed by atoms with Crippen molar-refractivity contribution >= 4 is 0 Å². The lowest BCUT2D eigenvalue weighted by molar-refractivity contribution is 0.251. The Kier molecular flexibility index (Phi) is 8.01. The summed E-state index contributed by atoms with van der Waals surface area (Å²) in [5.41, 5.74) is 0. The van der Waals surface area contributed by atoms with E-state index in [0.29, 0.717) is 0 Å². The molecule has 0 amide bonds. The van der Waals surface area contributed by atoms with Gasteiger partial charge >= 0.3 is 0 Å². The normalized spacial score (nSPS) is 22.4. The van der Waals surface area contributed by atoms with Crippen LogP contribution in [0.5, 0.6) is 0 Å². The van der Waals surface area contributed by atoms with Crippen LogP contribution in [0.15, 0.2) is 0 Å². The van der Waals surface area contributed by atoms with Crippen LogP contribution in [-0.4, -0.2) is 26.2 Å². The molecular weight excluding hydrogens is 232 g/mol. The van der Waals surface area contributed by atoms with E-state index in [4.69, 9.17) is 0 Å². The van der Waals surface area contributed by atoms with E-state index in [-0.39, 0.29) is 0 Å². The van der Waals surface area contributed by atoms with Crippen molar-refractivity contribution in [1.29, 1.82) is 0 Å². The molecular formula is C17H36N2. The van der Waals surface area contributed by atoms with Gasteiger partial charge in [-0.05, 0) is 75.0 Å². The Bertz CT molecular complexity index is 211. The fourth-order valence-electron chi connectivity index (χ4n) is 3.44. The van der Waals surface area contributed by atoms with E-state index in [9.17, 15) is 0 Å². The first-order chi connectivity index (χ1) is 9.02. The van der Waals surface area contributed by atoms with Crippen molar-refractivity contribution in [3.8, 4) is 0 Å². The summed E-state index contributed by atoms with van der Waals surface area (Å²) < 4.78 is 0. The molecule has 1 aliphatic rings. The minimum Gasteiger partial charge on any atom is -0.316 e. The largest absolute Gasteiger partial charge is 0.316 e. The van der Waals surface area contributed by atoms with Gasteiger partial charge in [0.15, 0.2) is 0 Å². The fraction of sp³-hybridized carbons (Fsp3) is 1.00. The molecule has 0 aromatic heterocycles. The average molecular weight is 268 g/mol. The van der Waals surface area contributed by atoms with Crippen molar-refractivity contribution in [2.24, 2.45) is 29.6 Å². The summed E-state index contributed by atoms with van der Waals surface area (Å²) in [6, 6.07) is 0. The van der Waals surface area contributed by atoms with Gasteiger partial charge in [0.05, 0.1) is 0 Å². The molecule has 1 saturated heterocycles. The van der Waals surface area contributed by atoms with Crippen molar-refractivity contribution in [2.45, 2.75) is 53.9 Å². The Balaban J connectivity index is 2.15. The fourth-order valence-corrected chi connectivity index (χ4v) is 3.44. The average Bonchev–Trinajstić information content (AvgIpc) is 2.38. The molecule has 114 valence electrons. The monoisotopic (exact) mass is 268 g/mol. The Labute approximate surface area is 121 Å². The molecule has 2 atom stereocenters. The van der Waals surface area contributed by atoms with Gasteiger partial charge in [0.1, 0.15) is 0 Å². The first kappa shape index (κ1) is 17.0. The second-order valence-electron chi connectivity index (χ2n) is 7.23. The predicted molar refractivity (Wildman–Crippen MR) is 85.4 cm³/mol. The highest BCUT2D eigenvalue weighted by Crippen LogP contribution is 2.22. The summed E-state index contributed by atoms with van der Waals surface area (Å²) in [7, 11) is 0. The molecule has 2 N–H and O–H groups in total. The molecule has 1 rings (SSSR count). The topological polar surface area (TPSA) is 24.1 Å². The van der Waals surface area contributed by atoms with Crippen molar-refractivity contribution < 1.29 is 0 Å². The third-order valence-electron chi connectivity index (χ3n) is 5.01. The number of nitrogens with one attached hydrogen (secondary N) is 2. The molecule has 0 aromatic rings. The van der Waals surface area contributed by atoms with E-state index in [2.05, 4.69) is 45.3 Å². The van der Waals surface area contributed by atoms with Crippen molar-refractivity contribution in [1.82, 2.24) is 10.6 Å². The molecule has 0 saturated carbocycles. The molecule has 19 heavy (non-hydrogen) atoms. The number of hydrogen-bond donors (Lipinski definition) is 2. The van der Waals surface area contributed by atoms with Crippen LogP contribution in [-0.2, 0) is 0 Å². The molecule has 0 bridgehead atoms. The van der Waals surface area contributed by atoms with E-state index in [1.165, 1.54) is 45.4 Å². The quantitative estimate of drug-likeness (QED) is 0.658. The standard InChI is InChI=1S/C17H36N2/c1-13(2)17(14(3)4)12-19-10-8-15(5)16-7-6-9-18-11-16/h13-19H,6-12H2,1-5H3. The van der Waals surface area contributed by atoms with Crippen LogP contribution in [0.4, 0.5) is 0 Å². The molecule has 0 aromatic carbocycles. The minimum absolute atomic E-state index is 0.785. The van der Waals surface area contributed by atoms with E-state index in [1.807, 2.05) is 0 Å². The number of rotatable bonds is 8. The lowest BCUT2D eigenvalue weighted by Gasteiger charge is -2.29. The summed E-state index contributed by atoms with van der Waals surface area (Å²) in [4.78, 5) is 0. The molecule has 2 unspecified atom stereocenters. The van der Waals surface area contributed by atoms with Crippen molar-refractivity contribution in [2.75, 3.05) is 26.2 Å². The van der Waals surface area contributed by atoms with Crippen LogP contribution in [0, 0.1) is 29.6 Å². The van der Waals surface area contributed by atoms with Gasteiger partial charge in [-0.1, -0.05) is 34.6 Å². The van der Waals surface area contributed by atoms with E-state index >= 15 is 0 Å². The summed E-state index contributed by atoms with van der Waals surface area (Å²) in [5.74, 6) is 4.14. The van der Waals surface area contributed by atoms with Gasteiger partial charge in [-0.25, -0.2) is 0 Å². The highest BCUT2D eigenvalue weighted by Gasteiger charge is 2.20. The van der Waals surface area contributed by atoms with Crippen LogP contribution in [0.25, 0.3) is 0 Å². The third-order valence-corrected chi connectivity index (χ3v) is 5.01. The Morgan fingerprint density at radius 3 is 2.32 bits per heavy atom. The minimum atomic E-state index is 0.785. The van der Waals surface area contributed by atoms with E-state index in [0.717, 1.165) is 29.6 Å². The highest BCUT2D eigenvalue weighted by molar-refractivity contribution is 4.75. The second kappa shape index (κ2) is 8.97. The zero-order chi connectivity index (χ0) is 14.3. The molecule has 2 heteroatoms. The molecule has 0 radical (unpaired) electrons. The summed E-state index contributed by atoms with van der Waals surface area (Å²) in [6.07, 6.45) is 4.12. The summed E-state index contributed by atoms with van der Waals surface area (Å²) in [5, 5.41) is 7.23. The maximum Gasteiger partial charge on any atom is -0.00156 e. The van der Waals surface area contributed by atoms with Gasteiger partial charge in [0.2, 0.25) is 0 Å². The maximum absolute atomic E-state index is 3.70. The lowest BCUT2D eigenvalue weighted by Crippen LogP contribution is -2.35.